The standard InChI is InChI=1S/C9H18Si/c1-8(2)7-10-9-5-3-4-6-9/h7,9H,3-6,10H2,1-2H3. The molecule has 0 atom stereocenters. The number of hydrogen-bond acceptors (Lipinski definition) is 0. The molecule has 0 aromatic heterocycles. The summed E-state index contributed by atoms with van der Waals surface area (Å²) >= 11 is 0. The summed E-state index contributed by atoms with van der Waals surface area (Å²) in [6.45, 7) is 4.45. The van der Waals surface area contributed by atoms with Crippen molar-refractivity contribution in [2.24, 2.45) is 0 Å². The average molecular weight is 154 g/mol. The number of rotatable bonds is 2. The molecule has 10 heavy (non-hydrogen) atoms. The van der Waals surface area contributed by atoms with E-state index >= 15 is 0 Å². The summed E-state index contributed by atoms with van der Waals surface area (Å²) in [5.41, 5.74) is 5.23. The van der Waals surface area contributed by atoms with E-state index in [0.717, 1.165) is 5.54 Å². The Labute approximate surface area is 66.5 Å². The highest BCUT2D eigenvalue weighted by Crippen LogP contribution is 2.29. The van der Waals surface area contributed by atoms with Gasteiger partial charge in [0.25, 0.3) is 0 Å². The second-order valence-electron chi connectivity index (χ2n) is 3.67. The van der Waals surface area contributed by atoms with Crippen molar-refractivity contribution in [3.63, 3.8) is 0 Å². The molecule has 0 radical (unpaired) electrons. The Balaban J connectivity index is 2.18. The van der Waals surface area contributed by atoms with Crippen LogP contribution < -0.4 is 0 Å². The maximum absolute atomic E-state index is 2.52. The normalized spacial score (nSPS) is 20.6. The van der Waals surface area contributed by atoms with Crippen LogP contribution in [0.3, 0.4) is 0 Å². The van der Waals surface area contributed by atoms with Gasteiger partial charge in [0.15, 0.2) is 0 Å². The lowest BCUT2D eigenvalue weighted by Crippen LogP contribution is -1.95. The van der Waals surface area contributed by atoms with Crippen LogP contribution in [0.15, 0.2) is 11.3 Å². The predicted octanol–water partition coefficient (Wildman–Crippen LogP) is 2.44. The van der Waals surface area contributed by atoms with E-state index in [2.05, 4.69) is 19.5 Å². The third-order valence-corrected chi connectivity index (χ3v) is 4.87. The van der Waals surface area contributed by atoms with Gasteiger partial charge in [-0.3, -0.25) is 0 Å². The fourth-order valence-corrected chi connectivity index (χ4v) is 3.50. The first-order chi connectivity index (χ1) is 4.79. The van der Waals surface area contributed by atoms with E-state index in [4.69, 9.17) is 0 Å². The molecule has 0 amide bonds. The highest BCUT2D eigenvalue weighted by atomic mass is 28.2. The zero-order valence-corrected chi connectivity index (χ0v) is 8.60. The lowest BCUT2D eigenvalue weighted by atomic mass is 10.4. The van der Waals surface area contributed by atoms with Crippen LogP contribution in [0.25, 0.3) is 0 Å². The van der Waals surface area contributed by atoms with Gasteiger partial charge in [-0.2, -0.15) is 0 Å². The van der Waals surface area contributed by atoms with E-state index in [9.17, 15) is 0 Å². The van der Waals surface area contributed by atoms with Crippen molar-refractivity contribution in [2.45, 2.75) is 45.1 Å². The van der Waals surface area contributed by atoms with Gasteiger partial charge in [0.1, 0.15) is 0 Å². The molecule has 0 N–H and O–H groups in total. The topological polar surface area (TPSA) is 0 Å². The molecule has 1 aliphatic carbocycles. The maximum Gasteiger partial charge on any atom is 0.0484 e. The first-order valence-electron chi connectivity index (χ1n) is 4.42. The summed E-state index contributed by atoms with van der Waals surface area (Å²) in [5, 5.41) is 0. The van der Waals surface area contributed by atoms with Crippen molar-refractivity contribution in [3.05, 3.63) is 11.3 Å². The van der Waals surface area contributed by atoms with Crippen LogP contribution in [0.1, 0.15) is 39.5 Å². The van der Waals surface area contributed by atoms with Gasteiger partial charge in [-0.1, -0.05) is 31.3 Å². The summed E-state index contributed by atoms with van der Waals surface area (Å²) in [7, 11) is 0.178. The van der Waals surface area contributed by atoms with Gasteiger partial charge >= 0.3 is 0 Å². The second-order valence-corrected chi connectivity index (χ2v) is 5.70. The maximum atomic E-state index is 2.52. The van der Waals surface area contributed by atoms with Crippen LogP contribution in [0.5, 0.6) is 0 Å². The Morgan fingerprint density at radius 2 is 1.90 bits per heavy atom. The van der Waals surface area contributed by atoms with Crippen LogP contribution >= 0.6 is 0 Å². The van der Waals surface area contributed by atoms with Crippen molar-refractivity contribution in [1.29, 1.82) is 0 Å². The molecule has 0 nitrogen and oxygen atoms in total. The van der Waals surface area contributed by atoms with E-state index in [1.54, 1.807) is 5.57 Å². The van der Waals surface area contributed by atoms with E-state index in [-0.39, 0.29) is 9.52 Å². The molecule has 1 heteroatoms. The van der Waals surface area contributed by atoms with Gasteiger partial charge < -0.3 is 0 Å². The van der Waals surface area contributed by atoms with Crippen LogP contribution in [-0.2, 0) is 0 Å². The Morgan fingerprint density at radius 1 is 1.30 bits per heavy atom. The molecule has 1 saturated carbocycles. The zero-order valence-electron chi connectivity index (χ0n) is 7.19. The number of allylic oxidation sites excluding steroid dienone is 1. The molecule has 58 valence electrons. The minimum atomic E-state index is 0.178. The molecule has 1 fully saturated rings. The van der Waals surface area contributed by atoms with Crippen LogP contribution in [-0.4, -0.2) is 9.52 Å². The first kappa shape index (κ1) is 8.06. The highest BCUT2D eigenvalue weighted by Gasteiger charge is 2.12. The summed E-state index contributed by atoms with van der Waals surface area (Å²) < 4.78 is 0. The monoisotopic (exact) mass is 154 g/mol. The zero-order chi connectivity index (χ0) is 7.40. The largest absolute Gasteiger partial charge is 0.103 e. The van der Waals surface area contributed by atoms with Crippen molar-refractivity contribution in [2.75, 3.05) is 0 Å². The van der Waals surface area contributed by atoms with E-state index in [1.165, 1.54) is 25.7 Å². The molecule has 0 heterocycles. The van der Waals surface area contributed by atoms with E-state index in [1.807, 2.05) is 0 Å². The molecule has 0 spiro atoms. The SMILES string of the molecule is CC(C)=C[SiH2]C1CCCC1. The molecule has 0 aliphatic heterocycles. The van der Waals surface area contributed by atoms with Gasteiger partial charge in [0.05, 0.1) is 0 Å². The third-order valence-electron chi connectivity index (χ3n) is 2.33. The summed E-state index contributed by atoms with van der Waals surface area (Å²) in [6, 6.07) is 0. The number of hydrogen-bond donors (Lipinski definition) is 0. The van der Waals surface area contributed by atoms with Crippen LogP contribution in [0.4, 0.5) is 0 Å². The van der Waals surface area contributed by atoms with E-state index < -0.39 is 0 Å². The Morgan fingerprint density at radius 3 is 2.40 bits per heavy atom. The van der Waals surface area contributed by atoms with Crippen LogP contribution in [0, 0.1) is 0 Å². The molecular weight excluding hydrogens is 136 g/mol. The van der Waals surface area contributed by atoms with Gasteiger partial charge in [0.2, 0.25) is 0 Å². The van der Waals surface area contributed by atoms with Gasteiger partial charge in [0, 0.05) is 9.52 Å². The molecule has 0 aromatic rings. The van der Waals surface area contributed by atoms with Crippen molar-refractivity contribution >= 4 is 9.52 Å². The van der Waals surface area contributed by atoms with Crippen molar-refractivity contribution < 1.29 is 0 Å². The third kappa shape index (κ3) is 2.69. The second kappa shape index (κ2) is 3.97. The molecule has 1 aliphatic rings. The Kier molecular flexibility index (Phi) is 3.20. The smallest absolute Gasteiger partial charge is 0.0484 e. The summed E-state index contributed by atoms with van der Waals surface area (Å²) in [6.07, 6.45) is 6.09. The fourth-order valence-electron chi connectivity index (χ4n) is 1.65. The average Bonchev–Trinajstić information content (AvgIpc) is 2.34. The Bertz CT molecular complexity index is 117. The Hall–Kier alpha value is -0.0431. The van der Waals surface area contributed by atoms with Crippen molar-refractivity contribution in [3.8, 4) is 0 Å². The summed E-state index contributed by atoms with van der Waals surface area (Å²) in [5.74, 6) is 0. The molecule has 0 saturated heterocycles. The first-order valence-corrected chi connectivity index (χ1v) is 6.05. The molecule has 0 aromatic carbocycles. The lowest BCUT2D eigenvalue weighted by molar-refractivity contribution is 0.872. The lowest BCUT2D eigenvalue weighted by Gasteiger charge is -2.02. The predicted molar refractivity (Wildman–Crippen MR) is 50.2 cm³/mol. The van der Waals surface area contributed by atoms with Gasteiger partial charge in [-0.15, -0.1) is 5.70 Å². The van der Waals surface area contributed by atoms with Gasteiger partial charge in [-0.05, 0) is 19.4 Å². The quantitative estimate of drug-likeness (QED) is 0.536. The molecule has 0 unspecified atom stereocenters. The minimum Gasteiger partial charge on any atom is -0.103 e. The van der Waals surface area contributed by atoms with E-state index in [0.29, 0.717) is 0 Å². The minimum absolute atomic E-state index is 0.178. The fraction of sp³-hybridized carbons (Fsp3) is 0.778. The van der Waals surface area contributed by atoms with Crippen molar-refractivity contribution in [1.82, 2.24) is 0 Å². The molecular formula is C9H18Si. The summed E-state index contributed by atoms with van der Waals surface area (Å²) in [4.78, 5) is 0. The molecule has 0 bridgehead atoms. The molecule has 1 rings (SSSR count). The van der Waals surface area contributed by atoms with Crippen LogP contribution in [0.2, 0.25) is 5.54 Å². The highest BCUT2D eigenvalue weighted by molar-refractivity contribution is 6.44. The van der Waals surface area contributed by atoms with Gasteiger partial charge in [-0.25, -0.2) is 0 Å².